The monoisotopic (exact) mass is 267 g/mol. The highest BCUT2D eigenvalue weighted by Crippen LogP contribution is 2.25. The normalized spacial score (nSPS) is 12.7. The van der Waals surface area contributed by atoms with Crippen LogP contribution in [0.2, 0.25) is 0 Å². The van der Waals surface area contributed by atoms with Crippen LogP contribution in [0.5, 0.6) is 0 Å². The van der Waals surface area contributed by atoms with Crippen molar-refractivity contribution in [2.24, 2.45) is 0 Å². The van der Waals surface area contributed by atoms with Gasteiger partial charge in [0.05, 0.1) is 11.8 Å². The number of rotatable bonds is 2. The zero-order valence-corrected chi connectivity index (χ0v) is 9.72. The highest BCUT2D eigenvalue weighted by Gasteiger charge is 2.07. The summed E-state index contributed by atoms with van der Waals surface area (Å²) in [6, 6.07) is 5.66. The summed E-state index contributed by atoms with van der Waals surface area (Å²) in [5, 5.41) is 13.5. The molecular weight excluding hydrogens is 258 g/mol. The summed E-state index contributed by atoms with van der Waals surface area (Å²) in [7, 11) is 0. The van der Waals surface area contributed by atoms with Gasteiger partial charge in [-0.3, -0.25) is 0 Å². The third-order valence-corrected chi connectivity index (χ3v) is 2.80. The van der Waals surface area contributed by atoms with Gasteiger partial charge in [0.15, 0.2) is 0 Å². The SMILES string of the molecule is C[C@H](O)c1ccc(-n2cncn2)cc1Br. The predicted molar refractivity (Wildman–Crippen MR) is 59.7 cm³/mol. The highest BCUT2D eigenvalue weighted by molar-refractivity contribution is 9.10. The lowest BCUT2D eigenvalue weighted by Crippen LogP contribution is -1.97. The second kappa shape index (κ2) is 4.12. The molecule has 1 heterocycles. The molecule has 1 N–H and O–H groups in total. The molecule has 0 fully saturated rings. The van der Waals surface area contributed by atoms with Crippen molar-refractivity contribution in [2.45, 2.75) is 13.0 Å². The Hall–Kier alpha value is -1.20. The Kier molecular flexibility index (Phi) is 2.83. The molecule has 1 atom stereocenters. The quantitative estimate of drug-likeness (QED) is 0.907. The number of aromatic nitrogens is 3. The largest absolute Gasteiger partial charge is 0.389 e. The highest BCUT2D eigenvalue weighted by atomic mass is 79.9. The number of hydrogen-bond acceptors (Lipinski definition) is 3. The molecule has 0 radical (unpaired) electrons. The Morgan fingerprint density at radius 3 is 2.80 bits per heavy atom. The molecule has 0 aliphatic heterocycles. The second-order valence-corrected chi connectivity index (χ2v) is 4.08. The molecule has 78 valence electrons. The summed E-state index contributed by atoms with van der Waals surface area (Å²) < 4.78 is 2.53. The van der Waals surface area contributed by atoms with Gasteiger partial charge in [0, 0.05) is 4.47 Å². The molecule has 0 saturated carbocycles. The first-order valence-corrected chi connectivity index (χ1v) is 5.30. The van der Waals surface area contributed by atoms with Crippen molar-refractivity contribution in [1.29, 1.82) is 0 Å². The van der Waals surface area contributed by atoms with Crippen LogP contribution >= 0.6 is 15.9 Å². The van der Waals surface area contributed by atoms with E-state index in [1.807, 2.05) is 18.2 Å². The van der Waals surface area contributed by atoms with E-state index in [1.54, 1.807) is 17.9 Å². The van der Waals surface area contributed by atoms with Crippen molar-refractivity contribution in [3.63, 3.8) is 0 Å². The van der Waals surface area contributed by atoms with E-state index in [1.165, 1.54) is 6.33 Å². The topological polar surface area (TPSA) is 50.9 Å². The molecule has 0 spiro atoms. The van der Waals surface area contributed by atoms with Gasteiger partial charge < -0.3 is 5.11 Å². The van der Waals surface area contributed by atoms with Gasteiger partial charge in [0.1, 0.15) is 12.7 Å². The van der Waals surface area contributed by atoms with E-state index in [0.717, 1.165) is 15.7 Å². The first kappa shape index (κ1) is 10.3. The van der Waals surface area contributed by atoms with Crippen LogP contribution in [0.1, 0.15) is 18.6 Å². The second-order valence-electron chi connectivity index (χ2n) is 3.22. The molecule has 0 saturated heterocycles. The molecule has 4 nitrogen and oxygen atoms in total. The van der Waals surface area contributed by atoms with Crippen LogP contribution in [-0.4, -0.2) is 19.9 Å². The minimum absolute atomic E-state index is 0.482. The maximum Gasteiger partial charge on any atom is 0.138 e. The van der Waals surface area contributed by atoms with Gasteiger partial charge in [0.2, 0.25) is 0 Å². The molecule has 0 aliphatic rings. The van der Waals surface area contributed by atoms with Crippen LogP contribution in [0.15, 0.2) is 35.3 Å². The maximum absolute atomic E-state index is 9.46. The van der Waals surface area contributed by atoms with Crippen LogP contribution in [0, 0.1) is 0 Å². The van der Waals surface area contributed by atoms with E-state index in [0.29, 0.717) is 0 Å². The first-order valence-electron chi connectivity index (χ1n) is 4.51. The summed E-state index contributed by atoms with van der Waals surface area (Å²) in [6.45, 7) is 1.73. The Bertz CT molecular complexity index is 454. The zero-order valence-electron chi connectivity index (χ0n) is 8.13. The van der Waals surface area contributed by atoms with Gasteiger partial charge in [-0.2, -0.15) is 5.10 Å². The van der Waals surface area contributed by atoms with Crippen LogP contribution in [0.3, 0.4) is 0 Å². The van der Waals surface area contributed by atoms with Crippen molar-refractivity contribution in [3.8, 4) is 5.69 Å². The molecule has 0 unspecified atom stereocenters. The van der Waals surface area contributed by atoms with Gasteiger partial charge >= 0.3 is 0 Å². The van der Waals surface area contributed by atoms with E-state index in [4.69, 9.17) is 0 Å². The van der Waals surface area contributed by atoms with Gasteiger partial charge in [-0.25, -0.2) is 9.67 Å². The molecular formula is C10H10BrN3O. The third-order valence-electron chi connectivity index (χ3n) is 2.12. The van der Waals surface area contributed by atoms with Crippen LogP contribution < -0.4 is 0 Å². The first-order chi connectivity index (χ1) is 7.18. The fraction of sp³-hybridized carbons (Fsp3) is 0.200. The van der Waals surface area contributed by atoms with E-state index in [2.05, 4.69) is 26.0 Å². The summed E-state index contributed by atoms with van der Waals surface area (Å²) in [4.78, 5) is 3.87. The van der Waals surface area contributed by atoms with Gasteiger partial charge in [0.25, 0.3) is 0 Å². The Morgan fingerprint density at radius 2 is 2.27 bits per heavy atom. The standard InChI is InChI=1S/C10H10BrN3O/c1-7(15)9-3-2-8(4-10(9)11)14-6-12-5-13-14/h2-7,15H,1H3/t7-/m0/s1. The van der Waals surface area contributed by atoms with E-state index in [-0.39, 0.29) is 0 Å². The number of aliphatic hydroxyl groups excluding tert-OH is 1. The summed E-state index contributed by atoms with van der Waals surface area (Å²) >= 11 is 3.41. The Labute approximate surface area is 95.7 Å². The molecule has 5 heteroatoms. The molecule has 2 rings (SSSR count). The average Bonchev–Trinajstić information content (AvgIpc) is 2.69. The van der Waals surface area contributed by atoms with Crippen LogP contribution in [0.25, 0.3) is 5.69 Å². The molecule has 15 heavy (non-hydrogen) atoms. The van der Waals surface area contributed by atoms with Crippen molar-refractivity contribution >= 4 is 15.9 Å². The molecule has 2 aromatic rings. The van der Waals surface area contributed by atoms with Crippen molar-refractivity contribution in [3.05, 3.63) is 40.9 Å². The fourth-order valence-corrected chi connectivity index (χ4v) is 2.04. The Morgan fingerprint density at radius 1 is 1.47 bits per heavy atom. The minimum Gasteiger partial charge on any atom is -0.389 e. The minimum atomic E-state index is -0.482. The smallest absolute Gasteiger partial charge is 0.138 e. The Balaban J connectivity index is 2.42. The van der Waals surface area contributed by atoms with E-state index in [9.17, 15) is 5.11 Å². The third kappa shape index (κ3) is 2.08. The average molecular weight is 268 g/mol. The number of halogens is 1. The van der Waals surface area contributed by atoms with Crippen molar-refractivity contribution < 1.29 is 5.11 Å². The van der Waals surface area contributed by atoms with Gasteiger partial charge in [-0.1, -0.05) is 22.0 Å². The van der Waals surface area contributed by atoms with E-state index >= 15 is 0 Å². The molecule has 1 aromatic heterocycles. The number of hydrogen-bond donors (Lipinski definition) is 1. The van der Waals surface area contributed by atoms with Crippen LogP contribution in [-0.2, 0) is 0 Å². The molecule has 0 amide bonds. The number of aliphatic hydroxyl groups is 1. The summed E-state index contributed by atoms with van der Waals surface area (Å²) in [5.41, 5.74) is 1.77. The fourth-order valence-electron chi connectivity index (χ4n) is 1.34. The summed E-state index contributed by atoms with van der Waals surface area (Å²) in [6.07, 6.45) is 2.63. The molecule has 0 aliphatic carbocycles. The number of nitrogens with zero attached hydrogens (tertiary/aromatic N) is 3. The lowest BCUT2D eigenvalue weighted by Gasteiger charge is -2.09. The zero-order chi connectivity index (χ0) is 10.8. The predicted octanol–water partition coefficient (Wildman–Crippen LogP) is 2.08. The molecule has 1 aromatic carbocycles. The van der Waals surface area contributed by atoms with Crippen LogP contribution in [0.4, 0.5) is 0 Å². The van der Waals surface area contributed by atoms with Crippen molar-refractivity contribution in [1.82, 2.24) is 14.8 Å². The maximum atomic E-state index is 9.46. The number of benzene rings is 1. The van der Waals surface area contributed by atoms with Gasteiger partial charge in [-0.05, 0) is 24.6 Å². The molecule has 0 bridgehead atoms. The van der Waals surface area contributed by atoms with E-state index < -0.39 is 6.10 Å². The lowest BCUT2D eigenvalue weighted by molar-refractivity contribution is 0.198. The van der Waals surface area contributed by atoms with Gasteiger partial charge in [-0.15, -0.1) is 0 Å². The lowest BCUT2D eigenvalue weighted by atomic mass is 10.1. The van der Waals surface area contributed by atoms with Crippen molar-refractivity contribution in [2.75, 3.05) is 0 Å². The summed E-state index contributed by atoms with van der Waals surface area (Å²) in [5.74, 6) is 0.